The topological polar surface area (TPSA) is 38.3 Å². The lowest BCUT2D eigenvalue weighted by atomic mass is 10.1. The highest BCUT2D eigenvalue weighted by molar-refractivity contribution is 6.32. The van der Waals surface area contributed by atoms with Crippen LogP contribution in [-0.4, -0.2) is 12.5 Å². The third kappa shape index (κ3) is 3.52. The van der Waals surface area contributed by atoms with Gasteiger partial charge < -0.3 is 10.1 Å². The van der Waals surface area contributed by atoms with E-state index < -0.39 is 11.7 Å². The van der Waals surface area contributed by atoms with E-state index in [9.17, 15) is 9.18 Å². The Morgan fingerprint density at radius 1 is 1.33 bits per heavy atom. The first-order chi connectivity index (χ1) is 10.0. The van der Waals surface area contributed by atoms with Crippen molar-refractivity contribution in [2.24, 2.45) is 0 Å². The molecule has 0 fully saturated rings. The Bertz CT molecular complexity index is 673. The van der Waals surface area contributed by atoms with Crippen LogP contribution in [0.25, 0.3) is 0 Å². The molecule has 2 aromatic rings. The molecular weight excluding hydrogens is 293 g/mol. The van der Waals surface area contributed by atoms with Crippen molar-refractivity contribution in [3.05, 3.63) is 58.4 Å². The molecule has 3 nitrogen and oxygen atoms in total. The fourth-order valence-corrected chi connectivity index (χ4v) is 2.16. The number of anilines is 1. The summed E-state index contributed by atoms with van der Waals surface area (Å²) in [4.78, 5) is 12.3. The summed E-state index contributed by atoms with van der Waals surface area (Å²) in [5.41, 5.74) is 1.42. The van der Waals surface area contributed by atoms with Gasteiger partial charge in [-0.05, 0) is 43.7 Å². The first-order valence-electron chi connectivity index (χ1n) is 6.51. The van der Waals surface area contributed by atoms with Crippen LogP contribution in [0.2, 0.25) is 5.02 Å². The van der Waals surface area contributed by atoms with Crippen LogP contribution in [-0.2, 0) is 0 Å². The van der Waals surface area contributed by atoms with E-state index >= 15 is 0 Å². The normalized spacial score (nSPS) is 10.3. The van der Waals surface area contributed by atoms with Gasteiger partial charge in [-0.25, -0.2) is 4.39 Å². The molecule has 0 saturated heterocycles. The van der Waals surface area contributed by atoms with Crippen LogP contribution >= 0.6 is 11.6 Å². The molecule has 2 aromatic carbocycles. The van der Waals surface area contributed by atoms with E-state index in [1.165, 1.54) is 12.1 Å². The Morgan fingerprint density at radius 3 is 2.81 bits per heavy atom. The predicted octanol–water partition coefficient (Wildman–Crippen LogP) is 4.44. The van der Waals surface area contributed by atoms with E-state index in [1.54, 1.807) is 31.2 Å². The van der Waals surface area contributed by atoms with E-state index in [4.69, 9.17) is 16.3 Å². The number of aryl methyl sites for hydroxylation is 1. The summed E-state index contributed by atoms with van der Waals surface area (Å²) in [6, 6.07) is 9.15. The highest BCUT2D eigenvalue weighted by Crippen LogP contribution is 2.33. The van der Waals surface area contributed by atoms with Crippen LogP contribution in [0.1, 0.15) is 22.8 Å². The highest BCUT2D eigenvalue weighted by atomic mass is 35.5. The Labute approximate surface area is 127 Å². The second-order valence-corrected chi connectivity index (χ2v) is 4.87. The van der Waals surface area contributed by atoms with Gasteiger partial charge in [0.1, 0.15) is 5.82 Å². The summed E-state index contributed by atoms with van der Waals surface area (Å²) in [6.45, 7) is 3.99. The monoisotopic (exact) mass is 307 g/mol. The van der Waals surface area contributed by atoms with Gasteiger partial charge in [0.15, 0.2) is 5.75 Å². The van der Waals surface area contributed by atoms with Crippen LogP contribution in [0, 0.1) is 12.7 Å². The maximum absolute atomic E-state index is 13.3. The zero-order valence-electron chi connectivity index (χ0n) is 11.7. The van der Waals surface area contributed by atoms with Gasteiger partial charge in [-0.3, -0.25) is 4.79 Å². The molecule has 0 atom stereocenters. The standard InChI is InChI=1S/C16H15ClFNO2/c1-3-21-15-13(17)5-4-6-14(15)19-16(20)12-9-11(18)8-7-10(12)2/h4-9H,3H2,1-2H3,(H,19,20). The summed E-state index contributed by atoms with van der Waals surface area (Å²) in [5, 5.41) is 3.11. The maximum Gasteiger partial charge on any atom is 0.256 e. The fourth-order valence-electron chi connectivity index (χ4n) is 1.93. The summed E-state index contributed by atoms with van der Waals surface area (Å²) in [7, 11) is 0. The van der Waals surface area contributed by atoms with Gasteiger partial charge in [0.05, 0.1) is 17.3 Å². The molecule has 2 rings (SSSR count). The van der Waals surface area contributed by atoms with Crippen molar-refractivity contribution in [3.63, 3.8) is 0 Å². The van der Waals surface area contributed by atoms with E-state index in [0.29, 0.717) is 28.6 Å². The Morgan fingerprint density at radius 2 is 2.10 bits per heavy atom. The van der Waals surface area contributed by atoms with Gasteiger partial charge in [0.25, 0.3) is 5.91 Å². The maximum atomic E-state index is 13.3. The quantitative estimate of drug-likeness (QED) is 0.907. The lowest BCUT2D eigenvalue weighted by Crippen LogP contribution is -2.14. The molecule has 5 heteroatoms. The van der Waals surface area contributed by atoms with Gasteiger partial charge in [0.2, 0.25) is 0 Å². The number of benzene rings is 2. The van der Waals surface area contributed by atoms with Crippen molar-refractivity contribution in [1.29, 1.82) is 0 Å². The summed E-state index contributed by atoms with van der Waals surface area (Å²) < 4.78 is 18.7. The van der Waals surface area contributed by atoms with Gasteiger partial charge in [-0.1, -0.05) is 23.7 Å². The highest BCUT2D eigenvalue weighted by Gasteiger charge is 2.14. The Balaban J connectivity index is 2.31. The number of hydrogen-bond donors (Lipinski definition) is 1. The molecule has 21 heavy (non-hydrogen) atoms. The average molecular weight is 308 g/mol. The number of amides is 1. The third-order valence-corrected chi connectivity index (χ3v) is 3.25. The third-order valence-electron chi connectivity index (χ3n) is 2.95. The molecule has 0 aliphatic carbocycles. The zero-order chi connectivity index (χ0) is 15.4. The molecule has 1 N–H and O–H groups in total. The summed E-state index contributed by atoms with van der Waals surface area (Å²) in [6.07, 6.45) is 0. The van der Waals surface area contributed by atoms with Crippen molar-refractivity contribution < 1.29 is 13.9 Å². The van der Waals surface area contributed by atoms with E-state index in [0.717, 1.165) is 0 Å². The van der Waals surface area contributed by atoms with Crippen molar-refractivity contribution >= 4 is 23.2 Å². The number of para-hydroxylation sites is 1. The molecule has 0 spiro atoms. The van der Waals surface area contributed by atoms with Crippen LogP contribution in [0.3, 0.4) is 0 Å². The van der Waals surface area contributed by atoms with Gasteiger partial charge >= 0.3 is 0 Å². The first kappa shape index (κ1) is 15.3. The number of halogens is 2. The largest absolute Gasteiger partial charge is 0.490 e. The van der Waals surface area contributed by atoms with Gasteiger partial charge in [-0.2, -0.15) is 0 Å². The number of nitrogens with one attached hydrogen (secondary N) is 1. The lowest BCUT2D eigenvalue weighted by molar-refractivity contribution is 0.102. The SMILES string of the molecule is CCOc1c(Cl)cccc1NC(=O)c1cc(F)ccc1C. The number of rotatable bonds is 4. The van der Waals surface area contributed by atoms with Crippen molar-refractivity contribution in [1.82, 2.24) is 0 Å². The van der Waals surface area contributed by atoms with Gasteiger partial charge in [0, 0.05) is 5.56 Å². The van der Waals surface area contributed by atoms with Gasteiger partial charge in [-0.15, -0.1) is 0 Å². The molecule has 0 heterocycles. The summed E-state index contributed by atoms with van der Waals surface area (Å²) in [5.74, 6) is -0.457. The molecule has 0 aliphatic rings. The second kappa shape index (κ2) is 6.59. The smallest absolute Gasteiger partial charge is 0.256 e. The minimum atomic E-state index is -0.457. The zero-order valence-corrected chi connectivity index (χ0v) is 12.5. The lowest BCUT2D eigenvalue weighted by Gasteiger charge is -2.13. The molecule has 1 amide bonds. The molecule has 0 aliphatic heterocycles. The Kier molecular flexibility index (Phi) is 4.81. The van der Waals surface area contributed by atoms with E-state index in [1.807, 2.05) is 6.92 Å². The molecule has 110 valence electrons. The number of ether oxygens (including phenoxy) is 1. The molecule has 0 unspecified atom stereocenters. The number of carbonyl (C=O) groups is 1. The Hall–Kier alpha value is -2.07. The summed E-state index contributed by atoms with van der Waals surface area (Å²) >= 11 is 6.06. The van der Waals surface area contributed by atoms with E-state index in [2.05, 4.69) is 5.32 Å². The van der Waals surface area contributed by atoms with Crippen molar-refractivity contribution in [3.8, 4) is 5.75 Å². The fraction of sp³-hybridized carbons (Fsp3) is 0.188. The van der Waals surface area contributed by atoms with Crippen LogP contribution in [0.15, 0.2) is 36.4 Å². The molecular formula is C16H15ClFNO2. The molecule has 0 aromatic heterocycles. The minimum Gasteiger partial charge on any atom is -0.490 e. The number of carbonyl (C=O) groups excluding carboxylic acids is 1. The molecule has 0 bridgehead atoms. The number of hydrogen-bond acceptors (Lipinski definition) is 2. The van der Waals surface area contributed by atoms with Crippen LogP contribution in [0.4, 0.5) is 10.1 Å². The van der Waals surface area contributed by atoms with Crippen LogP contribution < -0.4 is 10.1 Å². The average Bonchev–Trinajstić information content (AvgIpc) is 2.45. The molecule has 0 saturated carbocycles. The second-order valence-electron chi connectivity index (χ2n) is 4.46. The van der Waals surface area contributed by atoms with E-state index in [-0.39, 0.29) is 5.56 Å². The minimum absolute atomic E-state index is 0.275. The first-order valence-corrected chi connectivity index (χ1v) is 6.89. The van der Waals surface area contributed by atoms with Crippen molar-refractivity contribution in [2.75, 3.05) is 11.9 Å². The van der Waals surface area contributed by atoms with Crippen molar-refractivity contribution in [2.45, 2.75) is 13.8 Å². The molecule has 0 radical (unpaired) electrons. The van der Waals surface area contributed by atoms with Crippen LogP contribution in [0.5, 0.6) is 5.75 Å². The predicted molar refractivity (Wildman–Crippen MR) is 81.7 cm³/mol.